The smallest absolute Gasteiger partial charge is 0.253 e. The Bertz CT molecular complexity index is 453. The van der Waals surface area contributed by atoms with Crippen LogP contribution in [0.5, 0.6) is 0 Å². The highest BCUT2D eigenvalue weighted by atomic mass is 16.2. The van der Waals surface area contributed by atoms with E-state index >= 15 is 0 Å². The average Bonchev–Trinajstić information content (AvgIpc) is 2.39. The number of hydrogen-bond donors (Lipinski definition) is 2. The van der Waals surface area contributed by atoms with Gasteiger partial charge in [0.25, 0.3) is 5.91 Å². The van der Waals surface area contributed by atoms with Crippen LogP contribution in [-0.2, 0) is 6.54 Å². The number of hydrogen-bond acceptors (Lipinski definition) is 4. The van der Waals surface area contributed by atoms with E-state index in [4.69, 9.17) is 5.73 Å². The molecule has 0 bridgehead atoms. The van der Waals surface area contributed by atoms with Crippen molar-refractivity contribution >= 4 is 11.6 Å². The van der Waals surface area contributed by atoms with E-state index in [1.807, 2.05) is 12.1 Å². The van der Waals surface area contributed by atoms with Crippen molar-refractivity contribution < 1.29 is 4.79 Å². The molecule has 1 heterocycles. The maximum Gasteiger partial charge on any atom is 0.253 e. The van der Waals surface area contributed by atoms with Crippen LogP contribution in [0.25, 0.3) is 0 Å². The molecule has 1 aromatic rings. The number of nitrogens with two attached hydrogens (primary N) is 1. The van der Waals surface area contributed by atoms with Crippen molar-refractivity contribution in [2.75, 3.05) is 46.0 Å². The van der Waals surface area contributed by atoms with Crippen molar-refractivity contribution in [3.8, 4) is 0 Å². The summed E-state index contributed by atoms with van der Waals surface area (Å²) in [7, 11) is 3.54. The van der Waals surface area contributed by atoms with Crippen LogP contribution in [-0.4, -0.2) is 56.0 Å². The Balaban J connectivity index is 2.21. The van der Waals surface area contributed by atoms with E-state index in [9.17, 15) is 4.79 Å². The Labute approximate surface area is 114 Å². The Morgan fingerprint density at radius 3 is 2.68 bits per heavy atom. The second kappa shape index (κ2) is 6.04. The van der Waals surface area contributed by atoms with Crippen LogP contribution in [0.4, 0.5) is 5.69 Å². The zero-order chi connectivity index (χ0) is 13.8. The van der Waals surface area contributed by atoms with Gasteiger partial charge in [-0.25, -0.2) is 0 Å². The first kappa shape index (κ1) is 13.8. The van der Waals surface area contributed by atoms with Crippen molar-refractivity contribution in [2.24, 2.45) is 0 Å². The Kier molecular flexibility index (Phi) is 4.39. The van der Waals surface area contributed by atoms with Gasteiger partial charge in [0.15, 0.2) is 0 Å². The maximum atomic E-state index is 12.2. The van der Waals surface area contributed by atoms with Gasteiger partial charge in [-0.05, 0) is 23.8 Å². The highest BCUT2D eigenvalue weighted by Gasteiger charge is 2.17. The van der Waals surface area contributed by atoms with Gasteiger partial charge in [-0.1, -0.05) is 0 Å². The minimum absolute atomic E-state index is 0.0325. The van der Waals surface area contributed by atoms with Crippen LogP contribution in [0.3, 0.4) is 0 Å². The number of carbonyl (C=O) groups is 1. The molecule has 1 fully saturated rings. The number of nitrogens with zero attached hydrogens (tertiary/aromatic N) is 2. The molecule has 0 spiro atoms. The number of rotatable bonds is 3. The van der Waals surface area contributed by atoms with Crippen molar-refractivity contribution in [3.63, 3.8) is 0 Å². The average molecular weight is 262 g/mol. The van der Waals surface area contributed by atoms with Crippen molar-refractivity contribution in [1.29, 1.82) is 0 Å². The van der Waals surface area contributed by atoms with Gasteiger partial charge in [-0.15, -0.1) is 0 Å². The molecular formula is C14H22N4O. The monoisotopic (exact) mass is 262 g/mol. The van der Waals surface area contributed by atoms with Crippen LogP contribution in [0.15, 0.2) is 18.2 Å². The number of anilines is 1. The summed E-state index contributed by atoms with van der Waals surface area (Å²) >= 11 is 0. The molecule has 1 aliphatic heterocycles. The van der Waals surface area contributed by atoms with Crippen LogP contribution >= 0.6 is 0 Å². The van der Waals surface area contributed by atoms with E-state index < -0.39 is 0 Å². The SMILES string of the molecule is CN(C)C(=O)c1ccc(N)cc1CN1CCNCC1. The highest BCUT2D eigenvalue weighted by Crippen LogP contribution is 2.17. The molecule has 3 N–H and O–H groups in total. The third-order valence-corrected chi connectivity index (χ3v) is 3.37. The molecular weight excluding hydrogens is 240 g/mol. The summed E-state index contributed by atoms with van der Waals surface area (Å²) in [6.07, 6.45) is 0. The summed E-state index contributed by atoms with van der Waals surface area (Å²) in [6.45, 7) is 4.79. The van der Waals surface area contributed by atoms with E-state index in [2.05, 4.69) is 10.2 Å². The molecule has 0 unspecified atom stereocenters. The normalized spacial score (nSPS) is 16.3. The van der Waals surface area contributed by atoms with Crippen molar-refractivity contribution in [2.45, 2.75) is 6.54 Å². The van der Waals surface area contributed by atoms with E-state index in [1.54, 1.807) is 25.1 Å². The van der Waals surface area contributed by atoms with Crippen LogP contribution < -0.4 is 11.1 Å². The molecule has 1 aliphatic rings. The molecule has 104 valence electrons. The van der Waals surface area contributed by atoms with E-state index in [0.29, 0.717) is 5.69 Å². The summed E-state index contributed by atoms with van der Waals surface area (Å²) in [4.78, 5) is 16.1. The van der Waals surface area contributed by atoms with Crippen LogP contribution in [0, 0.1) is 0 Å². The topological polar surface area (TPSA) is 61.6 Å². The predicted molar refractivity (Wildman–Crippen MR) is 77.0 cm³/mol. The Morgan fingerprint density at radius 2 is 2.05 bits per heavy atom. The Hall–Kier alpha value is -1.59. The highest BCUT2D eigenvalue weighted by molar-refractivity contribution is 5.95. The molecule has 5 heteroatoms. The minimum Gasteiger partial charge on any atom is -0.399 e. The number of piperazine rings is 1. The van der Waals surface area contributed by atoms with Gasteiger partial charge in [-0.3, -0.25) is 9.69 Å². The second-order valence-electron chi connectivity index (χ2n) is 5.14. The number of benzene rings is 1. The fourth-order valence-electron chi connectivity index (χ4n) is 2.30. The van der Waals surface area contributed by atoms with Gasteiger partial charge in [-0.2, -0.15) is 0 Å². The lowest BCUT2D eigenvalue weighted by atomic mass is 10.0. The molecule has 0 aliphatic carbocycles. The van der Waals surface area contributed by atoms with Gasteiger partial charge in [0.2, 0.25) is 0 Å². The summed E-state index contributed by atoms with van der Waals surface area (Å²) < 4.78 is 0. The van der Waals surface area contributed by atoms with Gasteiger partial charge in [0, 0.05) is 58.1 Å². The summed E-state index contributed by atoms with van der Waals surface area (Å²) in [5.74, 6) is 0.0325. The summed E-state index contributed by atoms with van der Waals surface area (Å²) in [6, 6.07) is 5.53. The van der Waals surface area contributed by atoms with Gasteiger partial charge >= 0.3 is 0 Å². The standard InChI is InChI=1S/C14H22N4O/c1-17(2)14(19)13-4-3-12(15)9-11(13)10-18-7-5-16-6-8-18/h3-4,9,16H,5-8,10,15H2,1-2H3. The fraction of sp³-hybridized carbons (Fsp3) is 0.500. The largest absolute Gasteiger partial charge is 0.399 e. The molecule has 0 atom stereocenters. The lowest BCUT2D eigenvalue weighted by molar-refractivity contribution is 0.0825. The van der Waals surface area contributed by atoms with Gasteiger partial charge < -0.3 is 16.0 Å². The number of amides is 1. The molecule has 1 aromatic carbocycles. The lowest BCUT2D eigenvalue weighted by Crippen LogP contribution is -2.43. The minimum atomic E-state index is 0.0325. The number of nitrogens with one attached hydrogen (secondary N) is 1. The quantitative estimate of drug-likeness (QED) is 0.773. The Morgan fingerprint density at radius 1 is 1.37 bits per heavy atom. The second-order valence-corrected chi connectivity index (χ2v) is 5.14. The molecule has 0 aromatic heterocycles. The third kappa shape index (κ3) is 3.45. The summed E-state index contributed by atoms with van der Waals surface area (Å²) in [5.41, 5.74) is 8.32. The van der Waals surface area contributed by atoms with Crippen molar-refractivity contribution in [1.82, 2.24) is 15.1 Å². The lowest BCUT2D eigenvalue weighted by Gasteiger charge is -2.28. The zero-order valence-corrected chi connectivity index (χ0v) is 11.6. The van der Waals surface area contributed by atoms with Crippen LogP contribution in [0.2, 0.25) is 0 Å². The van der Waals surface area contributed by atoms with E-state index in [1.165, 1.54) is 0 Å². The summed E-state index contributed by atoms with van der Waals surface area (Å²) in [5, 5.41) is 3.33. The van der Waals surface area contributed by atoms with Gasteiger partial charge in [0.05, 0.1) is 0 Å². The molecule has 0 saturated carbocycles. The zero-order valence-electron chi connectivity index (χ0n) is 11.6. The first-order chi connectivity index (χ1) is 9.08. The predicted octanol–water partition coefficient (Wildman–Crippen LogP) is 0.376. The third-order valence-electron chi connectivity index (χ3n) is 3.37. The molecule has 2 rings (SSSR count). The molecule has 1 amide bonds. The maximum absolute atomic E-state index is 12.2. The van der Waals surface area contributed by atoms with Crippen LogP contribution in [0.1, 0.15) is 15.9 Å². The molecule has 0 radical (unpaired) electrons. The van der Waals surface area contributed by atoms with Gasteiger partial charge in [0.1, 0.15) is 0 Å². The van der Waals surface area contributed by atoms with Crippen molar-refractivity contribution in [3.05, 3.63) is 29.3 Å². The first-order valence-electron chi connectivity index (χ1n) is 6.61. The molecule has 19 heavy (non-hydrogen) atoms. The fourth-order valence-corrected chi connectivity index (χ4v) is 2.30. The first-order valence-corrected chi connectivity index (χ1v) is 6.61. The molecule has 1 saturated heterocycles. The van der Waals surface area contributed by atoms with E-state index in [-0.39, 0.29) is 5.91 Å². The number of carbonyl (C=O) groups excluding carboxylic acids is 1. The molecule has 5 nitrogen and oxygen atoms in total. The van der Waals surface area contributed by atoms with E-state index in [0.717, 1.165) is 43.9 Å². The number of nitrogen functional groups attached to an aromatic ring is 1.